The van der Waals surface area contributed by atoms with Gasteiger partial charge in [0, 0.05) is 36.0 Å². The van der Waals surface area contributed by atoms with Crippen LogP contribution in [0, 0.1) is 0 Å². The van der Waals surface area contributed by atoms with Crippen molar-refractivity contribution in [3.63, 3.8) is 0 Å². The molecule has 0 spiro atoms. The number of nitrogens with one attached hydrogen (secondary N) is 2. The van der Waals surface area contributed by atoms with Crippen LogP contribution in [0.4, 0.5) is 4.79 Å². The van der Waals surface area contributed by atoms with Crippen molar-refractivity contribution in [3.8, 4) is 11.1 Å². The summed E-state index contributed by atoms with van der Waals surface area (Å²) in [4.78, 5) is 27.2. The maximum atomic E-state index is 12.4. The molecule has 13 heteroatoms. The van der Waals surface area contributed by atoms with Gasteiger partial charge in [-0.2, -0.15) is 0 Å². The Balaban J connectivity index is 1.77. The topological polar surface area (TPSA) is 139 Å². The van der Waals surface area contributed by atoms with E-state index in [1.165, 1.54) is 24.4 Å². The molecule has 0 radical (unpaired) electrons. The van der Waals surface area contributed by atoms with Crippen molar-refractivity contribution in [1.29, 1.82) is 0 Å². The zero-order valence-electron chi connectivity index (χ0n) is 15.9. The van der Waals surface area contributed by atoms with Gasteiger partial charge in [0.25, 0.3) is 11.1 Å². The molecule has 9 nitrogen and oxygen atoms in total. The molecule has 4 rings (SSSR count). The van der Waals surface area contributed by atoms with Crippen molar-refractivity contribution in [2.24, 2.45) is 0 Å². The SMILES string of the molecule is O=C1NC(=O)/C(=C/c2cc3cncc(-c4cc(Cl)c(S(=O)(=O)NCCO)c(Cl)c4)c3o2)S1. The monoisotopic (exact) mass is 513 g/mol. The summed E-state index contributed by atoms with van der Waals surface area (Å²) in [6, 6.07) is 4.48. The number of benzene rings is 1. The smallest absolute Gasteiger partial charge is 0.290 e. The Hall–Kier alpha value is -2.41. The van der Waals surface area contributed by atoms with Gasteiger partial charge in [-0.3, -0.25) is 19.9 Å². The van der Waals surface area contributed by atoms with Crippen molar-refractivity contribution in [3.05, 3.63) is 51.3 Å². The molecule has 0 saturated carbocycles. The van der Waals surface area contributed by atoms with Crippen LogP contribution in [0.25, 0.3) is 28.2 Å². The van der Waals surface area contributed by atoms with Crippen molar-refractivity contribution >= 4 is 73.2 Å². The van der Waals surface area contributed by atoms with Gasteiger partial charge in [-0.15, -0.1) is 0 Å². The number of hydrogen-bond acceptors (Lipinski definition) is 8. The quantitative estimate of drug-likeness (QED) is 0.426. The molecule has 2 aromatic heterocycles. The van der Waals surface area contributed by atoms with E-state index in [9.17, 15) is 18.0 Å². The fourth-order valence-corrected chi connectivity index (χ4v) is 5.93. The molecule has 166 valence electrons. The highest BCUT2D eigenvalue weighted by Crippen LogP contribution is 2.38. The molecule has 0 unspecified atom stereocenters. The third kappa shape index (κ3) is 4.40. The van der Waals surface area contributed by atoms with Gasteiger partial charge in [-0.05, 0) is 35.5 Å². The lowest BCUT2D eigenvalue weighted by atomic mass is 10.1. The summed E-state index contributed by atoms with van der Waals surface area (Å²) in [5.74, 6) is -0.185. The van der Waals surface area contributed by atoms with Crippen LogP contribution < -0.4 is 10.0 Å². The molecule has 0 bridgehead atoms. The lowest BCUT2D eigenvalue weighted by Gasteiger charge is -2.11. The lowest BCUT2D eigenvalue weighted by Crippen LogP contribution is -2.27. The van der Waals surface area contributed by atoms with Gasteiger partial charge in [0.05, 0.1) is 21.6 Å². The van der Waals surface area contributed by atoms with Gasteiger partial charge < -0.3 is 9.52 Å². The highest BCUT2D eigenvalue weighted by atomic mass is 35.5. The maximum absolute atomic E-state index is 12.4. The third-order valence-corrected chi connectivity index (χ3v) is 7.53. The van der Waals surface area contributed by atoms with Crippen molar-refractivity contribution in [2.45, 2.75) is 4.90 Å². The number of sulfonamides is 1. The van der Waals surface area contributed by atoms with Crippen LogP contribution in [0.1, 0.15) is 5.76 Å². The van der Waals surface area contributed by atoms with Gasteiger partial charge in [0.15, 0.2) is 0 Å². The van der Waals surface area contributed by atoms with Crippen LogP contribution in [0.15, 0.2) is 44.8 Å². The Kier molecular flexibility index (Phi) is 6.30. The lowest BCUT2D eigenvalue weighted by molar-refractivity contribution is -0.115. The van der Waals surface area contributed by atoms with E-state index < -0.39 is 21.2 Å². The highest BCUT2D eigenvalue weighted by molar-refractivity contribution is 8.18. The minimum absolute atomic E-state index is 0.124. The summed E-state index contributed by atoms with van der Waals surface area (Å²) in [6.45, 7) is -0.571. The van der Waals surface area contributed by atoms with E-state index in [0.29, 0.717) is 27.9 Å². The Morgan fingerprint density at radius 3 is 2.53 bits per heavy atom. The molecule has 1 fully saturated rings. The second-order valence-corrected chi connectivity index (χ2v) is 10.0. The summed E-state index contributed by atoms with van der Waals surface area (Å²) in [6.07, 6.45) is 4.50. The molecular weight excluding hydrogens is 501 g/mol. The first-order valence-electron chi connectivity index (χ1n) is 8.92. The first kappa shape index (κ1) is 22.8. The number of amides is 2. The average molecular weight is 514 g/mol. The highest BCUT2D eigenvalue weighted by Gasteiger charge is 2.26. The molecule has 32 heavy (non-hydrogen) atoms. The van der Waals surface area contributed by atoms with Crippen LogP contribution >= 0.6 is 35.0 Å². The number of rotatable bonds is 6. The average Bonchev–Trinajstić information content (AvgIpc) is 3.27. The molecule has 2 amide bonds. The van der Waals surface area contributed by atoms with Gasteiger partial charge >= 0.3 is 0 Å². The number of halogens is 2. The number of thioether (sulfide) groups is 1. The predicted octanol–water partition coefficient (Wildman–Crippen LogP) is 3.40. The van der Waals surface area contributed by atoms with E-state index in [4.69, 9.17) is 32.7 Å². The summed E-state index contributed by atoms with van der Waals surface area (Å²) in [5, 5.41) is 10.9. The van der Waals surface area contributed by atoms with E-state index in [1.807, 2.05) is 0 Å². The molecular formula is C19H13Cl2N3O6S2. The number of hydrogen-bond donors (Lipinski definition) is 3. The zero-order chi connectivity index (χ0) is 23.0. The summed E-state index contributed by atoms with van der Waals surface area (Å²) < 4.78 is 32.9. The van der Waals surface area contributed by atoms with E-state index in [2.05, 4.69) is 15.0 Å². The normalized spacial score (nSPS) is 15.7. The Labute approximate surface area is 195 Å². The number of nitrogens with zero attached hydrogens (tertiary/aromatic N) is 1. The second-order valence-electron chi connectivity index (χ2n) is 6.50. The van der Waals surface area contributed by atoms with E-state index >= 15 is 0 Å². The van der Waals surface area contributed by atoms with E-state index in [1.54, 1.807) is 12.3 Å². The Morgan fingerprint density at radius 2 is 1.91 bits per heavy atom. The minimum Gasteiger partial charge on any atom is -0.456 e. The van der Waals surface area contributed by atoms with Gasteiger partial charge in [-0.25, -0.2) is 13.1 Å². The molecule has 0 atom stereocenters. The molecule has 0 aliphatic carbocycles. The number of pyridine rings is 1. The summed E-state index contributed by atoms with van der Waals surface area (Å²) >= 11 is 13.2. The Morgan fingerprint density at radius 1 is 1.19 bits per heavy atom. The first-order chi connectivity index (χ1) is 15.2. The number of fused-ring (bicyclic) bond motifs is 1. The van der Waals surface area contributed by atoms with Crippen molar-refractivity contribution in [1.82, 2.24) is 15.0 Å². The van der Waals surface area contributed by atoms with Crippen LogP contribution in [-0.4, -0.2) is 42.8 Å². The fourth-order valence-electron chi connectivity index (χ4n) is 3.03. The fraction of sp³-hybridized carbons (Fsp3) is 0.105. The van der Waals surface area contributed by atoms with E-state index in [0.717, 1.165) is 11.8 Å². The Bertz CT molecular complexity index is 1380. The molecule has 1 aliphatic heterocycles. The maximum Gasteiger partial charge on any atom is 0.290 e. The molecule has 1 aromatic carbocycles. The number of aliphatic hydroxyl groups excluding tert-OH is 1. The first-order valence-corrected chi connectivity index (χ1v) is 12.0. The van der Waals surface area contributed by atoms with Crippen molar-refractivity contribution < 1.29 is 27.5 Å². The van der Waals surface area contributed by atoms with Crippen LogP contribution in [0.5, 0.6) is 0 Å². The second kappa shape index (κ2) is 8.85. The minimum atomic E-state index is -4.03. The van der Waals surface area contributed by atoms with Crippen LogP contribution in [0.3, 0.4) is 0 Å². The zero-order valence-corrected chi connectivity index (χ0v) is 19.0. The number of aliphatic hydroxyl groups is 1. The van der Waals surface area contributed by atoms with Crippen LogP contribution in [0.2, 0.25) is 10.0 Å². The number of furan rings is 1. The van der Waals surface area contributed by atoms with Gasteiger partial charge in [0.1, 0.15) is 16.2 Å². The standard InChI is InChI=1S/C19H13Cl2N3O6S2/c20-13-4-9(5-14(21)17(13)32(28,29)23-1-2-25)12-8-22-7-10-3-11(30-16(10)12)6-15-18(26)24-19(27)31-15/h3-8,23,25H,1-2H2,(H,24,26,27)/b15-6-. The third-order valence-electron chi connectivity index (χ3n) is 4.34. The molecule has 3 N–H and O–H groups in total. The van der Waals surface area contributed by atoms with E-state index in [-0.39, 0.29) is 33.0 Å². The van der Waals surface area contributed by atoms with Crippen LogP contribution in [-0.2, 0) is 14.8 Å². The number of imide groups is 1. The predicted molar refractivity (Wildman–Crippen MR) is 121 cm³/mol. The van der Waals surface area contributed by atoms with Gasteiger partial charge in [0.2, 0.25) is 10.0 Å². The van der Waals surface area contributed by atoms with Crippen molar-refractivity contribution in [2.75, 3.05) is 13.2 Å². The largest absolute Gasteiger partial charge is 0.456 e. The molecule has 1 aliphatic rings. The molecule has 3 aromatic rings. The summed E-state index contributed by atoms with van der Waals surface area (Å²) in [7, 11) is -4.03. The number of aromatic nitrogens is 1. The molecule has 3 heterocycles. The number of carbonyl (C=O) groups is 2. The molecule has 1 saturated heterocycles. The summed E-state index contributed by atoms with van der Waals surface area (Å²) in [5.41, 5.74) is 1.35. The van der Waals surface area contributed by atoms with Gasteiger partial charge in [-0.1, -0.05) is 23.2 Å². The number of carbonyl (C=O) groups excluding carboxylic acids is 2.